The Morgan fingerprint density at radius 2 is 1.95 bits per heavy atom. The van der Waals surface area contributed by atoms with Gasteiger partial charge < -0.3 is 15.6 Å². The summed E-state index contributed by atoms with van der Waals surface area (Å²) in [6, 6.07) is 12.4. The Morgan fingerprint density at radius 1 is 1.21 bits per heavy atom. The molecule has 0 unspecified atom stereocenters. The van der Waals surface area contributed by atoms with Crippen molar-refractivity contribution >= 4 is 21.8 Å². The van der Waals surface area contributed by atoms with E-state index in [1.54, 1.807) is 30.3 Å². The monoisotopic (exact) mass is 320 g/mol. The van der Waals surface area contributed by atoms with E-state index in [2.05, 4.69) is 15.9 Å². The highest BCUT2D eigenvalue weighted by atomic mass is 79.9. The summed E-state index contributed by atoms with van der Waals surface area (Å²) < 4.78 is 6.45. The highest BCUT2D eigenvalue weighted by Crippen LogP contribution is 2.32. The van der Waals surface area contributed by atoms with Gasteiger partial charge in [0.1, 0.15) is 17.3 Å². The van der Waals surface area contributed by atoms with Gasteiger partial charge in [-0.05, 0) is 40.2 Å². The van der Waals surface area contributed by atoms with E-state index >= 15 is 0 Å². The predicted molar refractivity (Wildman–Crippen MR) is 77.6 cm³/mol. The second kappa shape index (κ2) is 5.86. The zero-order valence-corrected chi connectivity index (χ0v) is 11.6. The van der Waals surface area contributed by atoms with E-state index in [4.69, 9.17) is 15.9 Å². The van der Waals surface area contributed by atoms with Gasteiger partial charge in [-0.25, -0.2) is 0 Å². The molecule has 0 aromatic heterocycles. The van der Waals surface area contributed by atoms with Crippen LogP contribution >= 0.6 is 15.9 Å². The summed E-state index contributed by atoms with van der Waals surface area (Å²) in [7, 11) is 0. The third kappa shape index (κ3) is 3.13. The fraction of sp³-hybridized carbons (Fsp3) is 0.0714. The van der Waals surface area contributed by atoms with Gasteiger partial charge in [0, 0.05) is 11.1 Å². The van der Waals surface area contributed by atoms with Gasteiger partial charge in [0.15, 0.2) is 0 Å². The maximum absolute atomic E-state index is 9.25. The number of hydrogen-bond donors (Lipinski definition) is 3. The van der Waals surface area contributed by atoms with E-state index in [0.717, 1.165) is 0 Å². The largest absolute Gasteiger partial charge is 0.456 e. The molecule has 0 saturated carbocycles. The van der Waals surface area contributed by atoms with Crippen LogP contribution in [0.4, 0.5) is 0 Å². The number of aliphatic hydroxyl groups excluding tert-OH is 1. The molecule has 2 aromatic rings. The molecule has 4 nitrogen and oxygen atoms in total. The Bertz CT molecular complexity index is 614. The molecule has 0 atom stereocenters. The minimum absolute atomic E-state index is 0.00279. The highest BCUT2D eigenvalue weighted by molar-refractivity contribution is 9.10. The maximum atomic E-state index is 9.25. The van der Waals surface area contributed by atoms with Crippen molar-refractivity contribution < 1.29 is 9.84 Å². The third-order valence-electron chi connectivity index (χ3n) is 2.61. The van der Waals surface area contributed by atoms with Crippen LogP contribution in [0.15, 0.2) is 46.9 Å². The van der Waals surface area contributed by atoms with Crippen molar-refractivity contribution in [2.75, 3.05) is 0 Å². The molecule has 0 bridgehead atoms. The van der Waals surface area contributed by atoms with Crippen LogP contribution in [0.3, 0.4) is 0 Å². The molecule has 0 heterocycles. The van der Waals surface area contributed by atoms with Crippen LogP contribution in [0, 0.1) is 5.41 Å². The number of nitrogens with two attached hydrogens (primary N) is 1. The lowest BCUT2D eigenvalue weighted by atomic mass is 10.2. The number of aliphatic hydroxyl groups is 1. The lowest BCUT2D eigenvalue weighted by molar-refractivity contribution is 0.276. The topological polar surface area (TPSA) is 79.3 Å². The number of benzene rings is 2. The first-order valence-corrected chi connectivity index (χ1v) is 6.41. The van der Waals surface area contributed by atoms with Gasteiger partial charge in [0.2, 0.25) is 0 Å². The molecule has 0 amide bonds. The summed E-state index contributed by atoms with van der Waals surface area (Å²) in [6.45, 7) is -0.0840. The van der Waals surface area contributed by atoms with Crippen LogP contribution in [-0.2, 0) is 6.61 Å². The lowest BCUT2D eigenvalue weighted by Crippen LogP contribution is -2.10. The van der Waals surface area contributed by atoms with Gasteiger partial charge >= 0.3 is 0 Å². The van der Waals surface area contributed by atoms with Crippen molar-refractivity contribution in [3.63, 3.8) is 0 Å². The van der Waals surface area contributed by atoms with Crippen LogP contribution < -0.4 is 10.5 Å². The lowest BCUT2D eigenvalue weighted by Gasteiger charge is -2.11. The second-order valence-corrected chi connectivity index (χ2v) is 4.78. The average molecular weight is 321 g/mol. The summed E-state index contributed by atoms with van der Waals surface area (Å²) in [4.78, 5) is 0. The molecule has 5 heteroatoms. The SMILES string of the molecule is N=C(N)c1ccc(Oc2ccccc2CO)c(Br)c1. The van der Waals surface area contributed by atoms with E-state index in [-0.39, 0.29) is 12.4 Å². The van der Waals surface area contributed by atoms with Crippen molar-refractivity contribution in [3.05, 3.63) is 58.1 Å². The fourth-order valence-electron chi connectivity index (χ4n) is 1.60. The second-order valence-electron chi connectivity index (χ2n) is 3.93. The van der Waals surface area contributed by atoms with Crippen LogP contribution in [-0.4, -0.2) is 10.9 Å². The van der Waals surface area contributed by atoms with E-state index < -0.39 is 0 Å². The predicted octanol–water partition coefficient (Wildman–Crippen LogP) is 3.02. The number of nitrogens with one attached hydrogen (secondary N) is 1. The first-order chi connectivity index (χ1) is 9.11. The minimum Gasteiger partial charge on any atom is -0.456 e. The van der Waals surface area contributed by atoms with E-state index in [0.29, 0.717) is 27.1 Å². The average Bonchev–Trinajstić information content (AvgIpc) is 2.41. The summed E-state index contributed by atoms with van der Waals surface area (Å²) >= 11 is 3.38. The quantitative estimate of drug-likeness (QED) is 0.598. The van der Waals surface area contributed by atoms with Gasteiger partial charge in [-0.3, -0.25) is 5.41 Å². The summed E-state index contributed by atoms with van der Waals surface area (Å²) in [5, 5.41) is 16.6. The highest BCUT2D eigenvalue weighted by Gasteiger charge is 2.08. The molecule has 2 aromatic carbocycles. The standard InChI is InChI=1S/C14H13BrN2O2/c15-11-7-9(14(16)17)5-6-13(11)19-12-4-2-1-3-10(12)8-18/h1-7,18H,8H2,(H3,16,17). The number of para-hydroxylation sites is 1. The molecule has 0 radical (unpaired) electrons. The minimum atomic E-state index is -0.0840. The molecule has 4 N–H and O–H groups in total. The maximum Gasteiger partial charge on any atom is 0.141 e. The van der Waals surface area contributed by atoms with E-state index in [1.165, 1.54) is 0 Å². The van der Waals surface area contributed by atoms with Gasteiger partial charge in [-0.2, -0.15) is 0 Å². The molecule has 2 rings (SSSR count). The molecule has 0 fully saturated rings. The molecular weight excluding hydrogens is 308 g/mol. The number of halogens is 1. The Hall–Kier alpha value is -1.85. The van der Waals surface area contributed by atoms with Crippen LogP contribution in [0.1, 0.15) is 11.1 Å². The molecule has 0 aliphatic rings. The van der Waals surface area contributed by atoms with Crippen molar-refractivity contribution in [1.29, 1.82) is 5.41 Å². The van der Waals surface area contributed by atoms with Crippen molar-refractivity contribution in [1.82, 2.24) is 0 Å². The normalized spacial score (nSPS) is 10.2. The summed E-state index contributed by atoms with van der Waals surface area (Å²) in [6.07, 6.45) is 0. The molecule has 0 aliphatic carbocycles. The Kier molecular flexibility index (Phi) is 4.19. The number of nitrogen functional groups attached to an aromatic ring is 1. The third-order valence-corrected chi connectivity index (χ3v) is 3.23. The smallest absolute Gasteiger partial charge is 0.141 e. The zero-order chi connectivity index (χ0) is 13.8. The van der Waals surface area contributed by atoms with Crippen LogP contribution in [0.25, 0.3) is 0 Å². The molecule has 19 heavy (non-hydrogen) atoms. The molecule has 0 aliphatic heterocycles. The first kappa shape index (κ1) is 13.6. The molecule has 0 spiro atoms. The van der Waals surface area contributed by atoms with Crippen molar-refractivity contribution in [2.45, 2.75) is 6.61 Å². The molecule has 0 saturated heterocycles. The van der Waals surface area contributed by atoms with Gasteiger partial charge in [-0.1, -0.05) is 18.2 Å². The number of hydrogen-bond acceptors (Lipinski definition) is 3. The van der Waals surface area contributed by atoms with Crippen LogP contribution in [0.2, 0.25) is 0 Å². The number of ether oxygens (including phenoxy) is 1. The first-order valence-electron chi connectivity index (χ1n) is 5.62. The Morgan fingerprint density at radius 3 is 2.58 bits per heavy atom. The molecule has 98 valence electrons. The number of rotatable bonds is 4. The van der Waals surface area contributed by atoms with Crippen molar-refractivity contribution in [3.8, 4) is 11.5 Å². The zero-order valence-electron chi connectivity index (χ0n) is 10.1. The van der Waals surface area contributed by atoms with Gasteiger partial charge in [0.25, 0.3) is 0 Å². The Balaban J connectivity index is 2.31. The molecular formula is C14H13BrN2O2. The van der Waals surface area contributed by atoms with Gasteiger partial charge in [-0.15, -0.1) is 0 Å². The fourth-order valence-corrected chi connectivity index (χ4v) is 2.06. The number of amidine groups is 1. The summed E-state index contributed by atoms with van der Waals surface area (Å²) in [5.41, 5.74) is 6.75. The van der Waals surface area contributed by atoms with Crippen molar-refractivity contribution in [2.24, 2.45) is 5.73 Å². The van der Waals surface area contributed by atoms with Gasteiger partial charge in [0.05, 0.1) is 11.1 Å². The van der Waals surface area contributed by atoms with Crippen LogP contribution in [0.5, 0.6) is 11.5 Å². The van der Waals surface area contributed by atoms with E-state index in [9.17, 15) is 5.11 Å². The van der Waals surface area contributed by atoms with E-state index in [1.807, 2.05) is 12.1 Å². The summed E-state index contributed by atoms with van der Waals surface area (Å²) in [5.74, 6) is 1.20. The Labute approximate surface area is 119 Å².